The Morgan fingerprint density at radius 2 is 2.31 bits per heavy atom. The lowest BCUT2D eigenvalue weighted by molar-refractivity contribution is 0.153. The van der Waals surface area contributed by atoms with E-state index in [-0.39, 0.29) is 11.5 Å². The summed E-state index contributed by atoms with van der Waals surface area (Å²) >= 11 is 5.99. The molecule has 1 aliphatic rings. The van der Waals surface area contributed by atoms with Gasteiger partial charge in [-0.2, -0.15) is 0 Å². The zero-order valence-electron chi connectivity index (χ0n) is 8.18. The first-order valence-corrected chi connectivity index (χ1v) is 5.52. The Balaban J connectivity index is 2.14. The van der Waals surface area contributed by atoms with Gasteiger partial charge < -0.3 is 4.74 Å². The molecule has 1 nitrogen and oxygen atoms in total. The standard InChI is InChI=1S/C11H17ClO/c1-2-3-4-5-6-7-11-10(12)8-9-13-11/h10-11H,2-5,8-9H2,1H3. The molecule has 0 aromatic heterocycles. The molecule has 0 aromatic rings. The summed E-state index contributed by atoms with van der Waals surface area (Å²) in [5.41, 5.74) is 0. The summed E-state index contributed by atoms with van der Waals surface area (Å²) < 4.78 is 5.37. The largest absolute Gasteiger partial charge is 0.364 e. The number of ether oxygens (including phenoxy) is 1. The van der Waals surface area contributed by atoms with Gasteiger partial charge in [-0.3, -0.25) is 0 Å². The van der Waals surface area contributed by atoms with Crippen molar-refractivity contribution in [2.24, 2.45) is 0 Å². The van der Waals surface area contributed by atoms with Gasteiger partial charge in [0.05, 0.1) is 5.38 Å². The fourth-order valence-electron chi connectivity index (χ4n) is 1.33. The Morgan fingerprint density at radius 1 is 1.46 bits per heavy atom. The van der Waals surface area contributed by atoms with E-state index in [0.717, 1.165) is 19.4 Å². The van der Waals surface area contributed by atoms with Gasteiger partial charge in [0.1, 0.15) is 6.10 Å². The summed E-state index contributed by atoms with van der Waals surface area (Å²) in [5, 5.41) is 0.110. The highest BCUT2D eigenvalue weighted by Gasteiger charge is 2.23. The zero-order valence-corrected chi connectivity index (χ0v) is 8.94. The molecule has 1 rings (SSSR count). The van der Waals surface area contributed by atoms with Gasteiger partial charge in [-0.15, -0.1) is 17.5 Å². The summed E-state index contributed by atoms with van der Waals surface area (Å²) in [6, 6.07) is 0. The molecule has 1 fully saturated rings. The number of unbranched alkanes of at least 4 members (excludes halogenated alkanes) is 3. The lowest BCUT2D eigenvalue weighted by Gasteiger charge is -2.03. The third-order valence-corrected chi connectivity index (χ3v) is 2.62. The van der Waals surface area contributed by atoms with Crippen molar-refractivity contribution in [2.75, 3.05) is 6.61 Å². The second kappa shape index (κ2) is 6.29. The third kappa shape index (κ3) is 4.02. The van der Waals surface area contributed by atoms with Crippen LogP contribution in [0.25, 0.3) is 0 Å². The molecule has 0 spiro atoms. The smallest absolute Gasteiger partial charge is 0.134 e. The number of halogens is 1. The van der Waals surface area contributed by atoms with Gasteiger partial charge in [0.25, 0.3) is 0 Å². The SMILES string of the molecule is CCCCCC#CC1OCCC1Cl. The summed E-state index contributed by atoms with van der Waals surface area (Å²) in [6.45, 7) is 2.96. The molecule has 1 saturated heterocycles. The second-order valence-electron chi connectivity index (χ2n) is 3.37. The topological polar surface area (TPSA) is 9.23 Å². The number of rotatable bonds is 3. The molecule has 13 heavy (non-hydrogen) atoms. The number of alkyl halides is 1. The van der Waals surface area contributed by atoms with E-state index in [4.69, 9.17) is 16.3 Å². The molecule has 0 aliphatic carbocycles. The Morgan fingerprint density at radius 3 is 2.92 bits per heavy atom. The highest BCUT2D eigenvalue weighted by Crippen LogP contribution is 2.18. The Bertz CT molecular complexity index is 192. The third-order valence-electron chi connectivity index (χ3n) is 2.17. The second-order valence-corrected chi connectivity index (χ2v) is 3.93. The van der Waals surface area contributed by atoms with Crippen molar-refractivity contribution < 1.29 is 4.74 Å². The molecule has 2 unspecified atom stereocenters. The Kier molecular flexibility index (Phi) is 5.27. The van der Waals surface area contributed by atoms with Crippen LogP contribution in [0.2, 0.25) is 0 Å². The van der Waals surface area contributed by atoms with Crippen LogP contribution in [0.3, 0.4) is 0 Å². The minimum Gasteiger partial charge on any atom is -0.364 e. The van der Waals surface area contributed by atoms with Gasteiger partial charge in [0, 0.05) is 13.0 Å². The van der Waals surface area contributed by atoms with Crippen LogP contribution in [-0.4, -0.2) is 18.1 Å². The monoisotopic (exact) mass is 200 g/mol. The fourth-order valence-corrected chi connectivity index (χ4v) is 1.56. The van der Waals surface area contributed by atoms with E-state index in [2.05, 4.69) is 18.8 Å². The first-order valence-electron chi connectivity index (χ1n) is 5.08. The van der Waals surface area contributed by atoms with E-state index >= 15 is 0 Å². The van der Waals surface area contributed by atoms with Crippen LogP contribution in [0.5, 0.6) is 0 Å². The van der Waals surface area contributed by atoms with E-state index in [9.17, 15) is 0 Å². The normalized spacial score (nSPS) is 26.9. The average molecular weight is 201 g/mol. The van der Waals surface area contributed by atoms with Crippen LogP contribution in [0.4, 0.5) is 0 Å². The maximum atomic E-state index is 5.99. The minimum absolute atomic E-state index is 0.0108. The van der Waals surface area contributed by atoms with Crippen molar-refractivity contribution in [1.29, 1.82) is 0 Å². The van der Waals surface area contributed by atoms with E-state index < -0.39 is 0 Å². The molecule has 0 amide bonds. The van der Waals surface area contributed by atoms with Crippen molar-refractivity contribution in [3.63, 3.8) is 0 Å². The molecule has 2 atom stereocenters. The van der Waals surface area contributed by atoms with E-state index in [1.807, 2.05) is 0 Å². The van der Waals surface area contributed by atoms with Crippen molar-refractivity contribution in [3.05, 3.63) is 0 Å². The predicted octanol–water partition coefficient (Wildman–Crippen LogP) is 2.97. The molecular weight excluding hydrogens is 184 g/mol. The first kappa shape index (κ1) is 10.9. The van der Waals surface area contributed by atoms with Gasteiger partial charge in [-0.25, -0.2) is 0 Å². The quantitative estimate of drug-likeness (QED) is 0.387. The molecule has 2 heteroatoms. The highest BCUT2D eigenvalue weighted by atomic mass is 35.5. The van der Waals surface area contributed by atoms with Crippen LogP contribution < -0.4 is 0 Å². The molecule has 74 valence electrons. The van der Waals surface area contributed by atoms with Gasteiger partial charge in [-0.05, 0) is 12.8 Å². The Hall–Kier alpha value is -0.190. The van der Waals surface area contributed by atoms with Crippen molar-refractivity contribution >= 4 is 11.6 Å². The van der Waals surface area contributed by atoms with E-state index in [1.54, 1.807) is 0 Å². The van der Waals surface area contributed by atoms with Crippen molar-refractivity contribution in [2.45, 2.75) is 50.5 Å². The molecule has 0 radical (unpaired) electrons. The minimum atomic E-state index is -0.0108. The maximum absolute atomic E-state index is 5.99. The zero-order chi connectivity index (χ0) is 9.52. The first-order chi connectivity index (χ1) is 6.34. The summed E-state index contributed by atoms with van der Waals surface area (Å²) in [6.07, 6.45) is 5.63. The molecular formula is C11H17ClO. The van der Waals surface area contributed by atoms with E-state index in [0.29, 0.717) is 0 Å². The lowest BCUT2D eigenvalue weighted by Crippen LogP contribution is -2.12. The Labute approximate surface area is 85.8 Å². The molecule has 0 aromatic carbocycles. The van der Waals surface area contributed by atoms with Crippen molar-refractivity contribution in [3.8, 4) is 11.8 Å². The van der Waals surface area contributed by atoms with Crippen LogP contribution in [0.15, 0.2) is 0 Å². The van der Waals surface area contributed by atoms with Crippen LogP contribution in [-0.2, 0) is 4.74 Å². The van der Waals surface area contributed by atoms with Crippen LogP contribution in [0, 0.1) is 11.8 Å². The molecule has 0 bridgehead atoms. The molecule has 0 N–H and O–H groups in total. The molecule has 1 aliphatic heterocycles. The van der Waals surface area contributed by atoms with Crippen LogP contribution >= 0.6 is 11.6 Å². The van der Waals surface area contributed by atoms with Gasteiger partial charge in [0.15, 0.2) is 0 Å². The van der Waals surface area contributed by atoms with E-state index in [1.165, 1.54) is 19.3 Å². The summed E-state index contributed by atoms with van der Waals surface area (Å²) in [5.74, 6) is 6.22. The number of hydrogen-bond acceptors (Lipinski definition) is 1. The van der Waals surface area contributed by atoms with Crippen molar-refractivity contribution in [1.82, 2.24) is 0 Å². The average Bonchev–Trinajstić information content (AvgIpc) is 2.52. The van der Waals surface area contributed by atoms with Gasteiger partial charge in [0.2, 0.25) is 0 Å². The predicted molar refractivity (Wildman–Crippen MR) is 55.9 cm³/mol. The summed E-state index contributed by atoms with van der Waals surface area (Å²) in [4.78, 5) is 0. The number of hydrogen-bond donors (Lipinski definition) is 0. The molecule has 1 heterocycles. The van der Waals surface area contributed by atoms with Gasteiger partial charge >= 0.3 is 0 Å². The summed E-state index contributed by atoms with van der Waals surface area (Å²) in [7, 11) is 0. The van der Waals surface area contributed by atoms with Gasteiger partial charge in [-0.1, -0.05) is 25.7 Å². The fraction of sp³-hybridized carbons (Fsp3) is 0.818. The lowest BCUT2D eigenvalue weighted by atomic mass is 10.2. The highest BCUT2D eigenvalue weighted by molar-refractivity contribution is 6.21. The maximum Gasteiger partial charge on any atom is 0.134 e. The molecule has 0 saturated carbocycles. The van der Waals surface area contributed by atoms with Crippen LogP contribution in [0.1, 0.15) is 39.0 Å².